The first-order valence-electron chi connectivity index (χ1n) is 8.90. The molecular weight excluding hydrogens is 328 g/mol. The third kappa shape index (κ3) is 4.21. The van der Waals surface area contributed by atoms with Gasteiger partial charge in [0.05, 0.1) is 6.54 Å². The Morgan fingerprint density at radius 1 is 0.962 bits per heavy atom. The van der Waals surface area contributed by atoms with Gasteiger partial charge in [-0.3, -0.25) is 15.1 Å². The molecule has 0 atom stereocenters. The number of nitrogens with one attached hydrogen (secondary N) is 1. The van der Waals surface area contributed by atoms with Crippen LogP contribution in [0.3, 0.4) is 0 Å². The molecule has 0 aliphatic carbocycles. The highest BCUT2D eigenvalue weighted by Gasteiger charge is 2.24. The molecule has 3 rings (SSSR count). The Kier molecular flexibility index (Phi) is 5.86. The minimum absolute atomic E-state index is 0.0275. The highest BCUT2D eigenvalue weighted by Crippen LogP contribution is 2.21. The van der Waals surface area contributed by atoms with Crippen LogP contribution in [0.5, 0.6) is 0 Å². The predicted molar refractivity (Wildman–Crippen MR) is 102 cm³/mol. The normalized spacial score (nSPS) is 14.0. The van der Waals surface area contributed by atoms with Crippen molar-refractivity contribution in [3.8, 4) is 0 Å². The molecule has 0 aromatic heterocycles. The third-order valence-electron chi connectivity index (χ3n) is 4.61. The van der Waals surface area contributed by atoms with E-state index in [2.05, 4.69) is 5.43 Å². The molecule has 1 saturated heterocycles. The number of piperidine rings is 1. The van der Waals surface area contributed by atoms with E-state index in [4.69, 9.17) is 5.84 Å². The summed E-state index contributed by atoms with van der Waals surface area (Å²) in [6, 6.07) is 16.8. The van der Waals surface area contributed by atoms with Gasteiger partial charge in [-0.05, 0) is 49.1 Å². The molecule has 0 bridgehead atoms. The molecule has 6 heteroatoms. The van der Waals surface area contributed by atoms with Crippen molar-refractivity contribution in [1.82, 2.24) is 10.3 Å². The molecule has 2 aromatic carbocycles. The van der Waals surface area contributed by atoms with E-state index in [1.807, 2.05) is 47.4 Å². The van der Waals surface area contributed by atoms with Crippen LogP contribution in [0.1, 0.15) is 35.2 Å². The Labute approximate surface area is 153 Å². The van der Waals surface area contributed by atoms with E-state index in [1.165, 1.54) is 6.42 Å². The molecule has 0 spiro atoms. The van der Waals surface area contributed by atoms with Crippen LogP contribution in [0.25, 0.3) is 0 Å². The van der Waals surface area contributed by atoms with Gasteiger partial charge in [-0.25, -0.2) is 10.6 Å². The molecule has 26 heavy (non-hydrogen) atoms. The number of carbonyl (C=O) groups is 2. The maximum Gasteiger partial charge on any atom is 0.324 e. The summed E-state index contributed by atoms with van der Waals surface area (Å²) in [5.41, 5.74) is 4.43. The summed E-state index contributed by atoms with van der Waals surface area (Å²) in [5.74, 6) is 4.83. The van der Waals surface area contributed by atoms with Crippen LogP contribution in [0.2, 0.25) is 0 Å². The molecule has 1 heterocycles. The van der Waals surface area contributed by atoms with Gasteiger partial charge in [-0.1, -0.05) is 30.3 Å². The van der Waals surface area contributed by atoms with E-state index >= 15 is 0 Å². The van der Waals surface area contributed by atoms with Gasteiger partial charge in [-0.2, -0.15) is 0 Å². The number of amides is 3. The summed E-state index contributed by atoms with van der Waals surface area (Å²) in [4.78, 5) is 28.4. The summed E-state index contributed by atoms with van der Waals surface area (Å²) in [7, 11) is 0. The van der Waals surface area contributed by atoms with Crippen molar-refractivity contribution in [3.63, 3.8) is 0 Å². The van der Waals surface area contributed by atoms with Crippen LogP contribution in [0.15, 0.2) is 54.6 Å². The van der Waals surface area contributed by atoms with Crippen LogP contribution in [-0.2, 0) is 6.54 Å². The van der Waals surface area contributed by atoms with Crippen molar-refractivity contribution >= 4 is 17.6 Å². The van der Waals surface area contributed by atoms with Crippen molar-refractivity contribution in [3.05, 3.63) is 65.7 Å². The molecule has 6 nitrogen and oxygen atoms in total. The highest BCUT2D eigenvalue weighted by atomic mass is 16.2. The molecular formula is C20H24N4O2. The van der Waals surface area contributed by atoms with Gasteiger partial charge in [0, 0.05) is 24.3 Å². The molecule has 3 N–H and O–H groups in total. The Bertz CT molecular complexity index is 740. The summed E-state index contributed by atoms with van der Waals surface area (Å²) in [6.45, 7) is 2.05. The number of hydrazine groups is 1. The first-order chi connectivity index (χ1) is 12.7. The molecule has 0 radical (unpaired) electrons. The Morgan fingerprint density at radius 3 is 2.23 bits per heavy atom. The average molecular weight is 352 g/mol. The lowest BCUT2D eigenvalue weighted by Crippen LogP contribution is -2.45. The summed E-state index contributed by atoms with van der Waals surface area (Å²) >= 11 is 0. The lowest BCUT2D eigenvalue weighted by atomic mass is 10.1. The lowest BCUT2D eigenvalue weighted by Gasteiger charge is -2.33. The van der Waals surface area contributed by atoms with Crippen molar-refractivity contribution in [2.24, 2.45) is 5.84 Å². The fourth-order valence-corrected chi connectivity index (χ4v) is 3.16. The number of nitrogen functional groups attached to an aromatic ring is 1. The lowest BCUT2D eigenvalue weighted by molar-refractivity contribution is 0.0953. The topological polar surface area (TPSA) is 78.7 Å². The SMILES string of the molecule is NNC(=O)c1ccc(CN(C(=O)N2CCCCC2)c2ccccc2)cc1. The van der Waals surface area contributed by atoms with Crippen molar-refractivity contribution < 1.29 is 9.59 Å². The van der Waals surface area contributed by atoms with E-state index < -0.39 is 0 Å². The third-order valence-corrected chi connectivity index (χ3v) is 4.61. The largest absolute Gasteiger partial charge is 0.324 e. The molecule has 1 aliphatic heterocycles. The zero-order chi connectivity index (χ0) is 18.4. The number of hydrogen-bond acceptors (Lipinski definition) is 3. The Morgan fingerprint density at radius 2 is 1.62 bits per heavy atom. The van der Waals surface area contributed by atoms with E-state index in [9.17, 15) is 9.59 Å². The van der Waals surface area contributed by atoms with E-state index in [0.717, 1.165) is 37.2 Å². The molecule has 1 fully saturated rings. The quantitative estimate of drug-likeness (QED) is 0.504. The van der Waals surface area contributed by atoms with Crippen LogP contribution < -0.4 is 16.2 Å². The van der Waals surface area contributed by atoms with Gasteiger partial charge < -0.3 is 4.90 Å². The summed E-state index contributed by atoms with van der Waals surface area (Å²) in [6.07, 6.45) is 3.29. The number of nitrogens with zero attached hydrogens (tertiary/aromatic N) is 2. The molecule has 1 aliphatic rings. The van der Waals surface area contributed by atoms with Gasteiger partial charge in [0.2, 0.25) is 0 Å². The maximum absolute atomic E-state index is 13.1. The summed E-state index contributed by atoms with van der Waals surface area (Å²) in [5, 5.41) is 0. The highest BCUT2D eigenvalue weighted by molar-refractivity contribution is 5.94. The van der Waals surface area contributed by atoms with Gasteiger partial charge in [0.1, 0.15) is 0 Å². The number of anilines is 1. The number of hydrogen-bond donors (Lipinski definition) is 2. The van der Waals surface area contributed by atoms with Gasteiger partial charge >= 0.3 is 6.03 Å². The second-order valence-corrected chi connectivity index (χ2v) is 6.42. The second kappa shape index (κ2) is 8.49. The number of carbonyl (C=O) groups excluding carboxylic acids is 2. The zero-order valence-electron chi connectivity index (χ0n) is 14.7. The molecule has 2 aromatic rings. The van der Waals surface area contributed by atoms with Crippen molar-refractivity contribution in [2.45, 2.75) is 25.8 Å². The van der Waals surface area contributed by atoms with Crippen molar-refractivity contribution in [2.75, 3.05) is 18.0 Å². The van der Waals surface area contributed by atoms with Gasteiger partial charge in [0.15, 0.2) is 0 Å². The number of nitrogens with two attached hydrogens (primary N) is 1. The van der Waals surface area contributed by atoms with E-state index in [1.54, 1.807) is 17.0 Å². The number of benzene rings is 2. The first kappa shape index (κ1) is 17.9. The van der Waals surface area contributed by atoms with E-state index in [0.29, 0.717) is 12.1 Å². The Hall–Kier alpha value is -2.86. The molecule has 0 saturated carbocycles. The van der Waals surface area contributed by atoms with Crippen LogP contribution in [0.4, 0.5) is 10.5 Å². The average Bonchev–Trinajstić information content (AvgIpc) is 2.72. The Balaban J connectivity index is 1.81. The number of rotatable bonds is 4. The van der Waals surface area contributed by atoms with Crippen LogP contribution in [-0.4, -0.2) is 29.9 Å². The standard InChI is InChI=1S/C20H24N4O2/c21-22-19(25)17-11-9-16(10-12-17)15-24(18-7-3-1-4-8-18)20(26)23-13-5-2-6-14-23/h1,3-4,7-12H,2,5-6,13-15,21H2,(H,22,25). The van der Waals surface area contributed by atoms with Crippen LogP contribution >= 0.6 is 0 Å². The van der Waals surface area contributed by atoms with Gasteiger partial charge in [-0.15, -0.1) is 0 Å². The minimum Gasteiger partial charge on any atom is -0.324 e. The monoisotopic (exact) mass is 352 g/mol. The number of urea groups is 1. The minimum atomic E-state index is -0.333. The second-order valence-electron chi connectivity index (χ2n) is 6.42. The fourth-order valence-electron chi connectivity index (χ4n) is 3.16. The summed E-state index contributed by atoms with van der Waals surface area (Å²) < 4.78 is 0. The maximum atomic E-state index is 13.1. The molecule has 3 amide bonds. The van der Waals surface area contributed by atoms with Crippen molar-refractivity contribution in [1.29, 1.82) is 0 Å². The predicted octanol–water partition coefficient (Wildman–Crippen LogP) is 2.90. The van der Waals surface area contributed by atoms with Gasteiger partial charge in [0.25, 0.3) is 5.91 Å². The van der Waals surface area contributed by atoms with E-state index in [-0.39, 0.29) is 11.9 Å². The van der Waals surface area contributed by atoms with Crippen LogP contribution in [0, 0.1) is 0 Å². The smallest absolute Gasteiger partial charge is 0.324 e. The molecule has 136 valence electrons. The first-order valence-corrected chi connectivity index (χ1v) is 8.90. The zero-order valence-corrected chi connectivity index (χ0v) is 14.7. The molecule has 0 unspecified atom stereocenters. The number of likely N-dealkylation sites (tertiary alicyclic amines) is 1. The number of para-hydroxylation sites is 1. The fraction of sp³-hybridized carbons (Fsp3) is 0.300.